The van der Waals surface area contributed by atoms with Crippen LogP contribution in [-0.2, 0) is 4.79 Å². The Hall–Kier alpha value is -2.25. The average molecular weight is 430 g/mol. The second-order valence-electron chi connectivity index (χ2n) is 10.2. The predicted octanol–water partition coefficient (Wildman–Crippen LogP) is 3.22. The number of fused-ring (bicyclic) bond motifs is 5. The second kappa shape index (κ2) is 7.41. The molecule has 3 N–H and O–H groups in total. The second-order valence-corrected chi connectivity index (χ2v) is 10.2. The van der Waals surface area contributed by atoms with Gasteiger partial charge < -0.3 is 15.7 Å². The lowest BCUT2D eigenvalue weighted by atomic mass is 9.52. The molecule has 3 aliphatic carbocycles. The summed E-state index contributed by atoms with van der Waals surface area (Å²) in [7, 11) is 0. The van der Waals surface area contributed by atoms with E-state index in [2.05, 4.69) is 24.5 Å². The molecule has 2 atom stereocenters. The summed E-state index contributed by atoms with van der Waals surface area (Å²) in [6.07, 6.45) is 9.14. The molecule has 0 aromatic heterocycles. The van der Waals surface area contributed by atoms with E-state index in [1.165, 1.54) is 0 Å². The molecule has 3 saturated carbocycles. The summed E-state index contributed by atoms with van der Waals surface area (Å²) in [5.41, 5.74) is 1.29. The molecule has 0 aromatic rings. The normalized spacial score (nSPS) is 36.2. The van der Waals surface area contributed by atoms with E-state index in [4.69, 9.17) is 10.1 Å². The maximum atomic E-state index is 13.2. The summed E-state index contributed by atoms with van der Waals surface area (Å²) in [5.74, 6) is 1.30. The summed E-state index contributed by atoms with van der Waals surface area (Å²) >= 11 is 0. The Morgan fingerprint density at radius 1 is 1.19 bits per heavy atom. The molecule has 31 heavy (non-hydrogen) atoms. The Morgan fingerprint density at radius 3 is 2.52 bits per heavy atom. The molecular formula is C23H35N5O3. The molecule has 3 heterocycles. The predicted molar refractivity (Wildman–Crippen MR) is 117 cm³/mol. The topological polar surface area (TPSA) is 97.3 Å². The molecule has 0 spiro atoms. The van der Waals surface area contributed by atoms with Crippen molar-refractivity contribution >= 4 is 17.8 Å². The summed E-state index contributed by atoms with van der Waals surface area (Å²) in [6.45, 7) is 5.68. The van der Waals surface area contributed by atoms with Crippen LogP contribution in [0.5, 0.6) is 0 Å². The van der Waals surface area contributed by atoms with Crippen molar-refractivity contribution in [3.63, 3.8) is 0 Å². The molecule has 8 nitrogen and oxygen atoms in total. The van der Waals surface area contributed by atoms with Crippen LogP contribution in [0.4, 0.5) is 4.79 Å². The molecule has 0 radical (unpaired) electrons. The van der Waals surface area contributed by atoms with E-state index in [1.54, 1.807) is 0 Å². The number of nitrogens with zero attached hydrogens (tertiary/aromatic N) is 3. The minimum atomic E-state index is -0.684. The molecule has 8 heteroatoms. The summed E-state index contributed by atoms with van der Waals surface area (Å²) in [5, 5.41) is 16.4. The van der Waals surface area contributed by atoms with Crippen LogP contribution in [0.1, 0.15) is 78.1 Å². The van der Waals surface area contributed by atoms with Gasteiger partial charge in [-0.1, -0.05) is 13.8 Å². The average Bonchev–Trinajstić information content (AvgIpc) is 3.42. The van der Waals surface area contributed by atoms with Gasteiger partial charge >= 0.3 is 12.0 Å². The van der Waals surface area contributed by atoms with Gasteiger partial charge in [-0.05, 0) is 63.2 Å². The van der Waals surface area contributed by atoms with Crippen molar-refractivity contribution in [1.29, 1.82) is 0 Å². The Labute approximate surface area is 184 Å². The Bertz CT molecular complexity index is 826. The van der Waals surface area contributed by atoms with Gasteiger partial charge in [0.05, 0.1) is 0 Å². The van der Waals surface area contributed by atoms with Gasteiger partial charge in [0.15, 0.2) is 6.17 Å². The molecule has 1 saturated heterocycles. The molecule has 2 bridgehead atoms. The fourth-order valence-corrected chi connectivity index (χ4v) is 6.43. The standard InChI is InChI=1S/C23H35N5O3/c1-3-13-27-19-17(18-24-15(4-2)14-28(18)21(27)31)25-20(26-19)23-10-7-22(8-11-23,9-12-23)6-5-16(29)30/h15,19,24H,3-14H2,1-2H3,(H,25,26)(H,29,30)/t15-,19?,22?,23?/m1/s1. The minimum absolute atomic E-state index is 0.0460. The number of hydrogen-bond donors (Lipinski definition) is 3. The van der Waals surface area contributed by atoms with E-state index >= 15 is 0 Å². The number of hydrogen-bond acceptors (Lipinski definition) is 5. The van der Waals surface area contributed by atoms with Crippen LogP contribution in [0.2, 0.25) is 0 Å². The maximum Gasteiger partial charge on any atom is 0.327 e. The number of carbonyl (C=O) groups is 2. The maximum absolute atomic E-state index is 13.2. The van der Waals surface area contributed by atoms with E-state index in [0.29, 0.717) is 6.54 Å². The SMILES string of the molecule is CCCN1C(=O)N2C[C@@H](CC)NC2=C2NC(C34CCC(CCC(=O)O)(CC3)CC4)=NC21. The highest BCUT2D eigenvalue weighted by Crippen LogP contribution is 2.59. The van der Waals surface area contributed by atoms with Crippen LogP contribution in [0.25, 0.3) is 0 Å². The molecular weight excluding hydrogens is 394 g/mol. The molecule has 2 amide bonds. The van der Waals surface area contributed by atoms with Gasteiger partial charge in [0.1, 0.15) is 17.4 Å². The number of amides is 2. The monoisotopic (exact) mass is 429 g/mol. The van der Waals surface area contributed by atoms with Gasteiger partial charge in [0.2, 0.25) is 0 Å². The fourth-order valence-electron chi connectivity index (χ4n) is 6.43. The van der Waals surface area contributed by atoms with Gasteiger partial charge in [0, 0.05) is 31.0 Å². The van der Waals surface area contributed by atoms with E-state index in [0.717, 1.165) is 81.7 Å². The third-order valence-corrected chi connectivity index (χ3v) is 8.53. The van der Waals surface area contributed by atoms with Crippen molar-refractivity contribution in [2.45, 2.75) is 90.3 Å². The zero-order chi connectivity index (χ0) is 21.8. The van der Waals surface area contributed by atoms with E-state index in [-0.39, 0.29) is 35.5 Å². The van der Waals surface area contributed by atoms with Crippen molar-refractivity contribution in [3.05, 3.63) is 11.5 Å². The van der Waals surface area contributed by atoms with Crippen molar-refractivity contribution in [2.75, 3.05) is 13.1 Å². The molecule has 6 aliphatic rings. The summed E-state index contributed by atoms with van der Waals surface area (Å²) < 4.78 is 0. The van der Waals surface area contributed by atoms with Crippen LogP contribution in [0.3, 0.4) is 0 Å². The lowest BCUT2D eigenvalue weighted by Gasteiger charge is -2.53. The molecule has 3 aliphatic heterocycles. The lowest BCUT2D eigenvalue weighted by Crippen LogP contribution is -2.53. The van der Waals surface area contributed by atoms with Crippen molar-refractivity contribution in [2.24, 2.45) is 15.8 Å². The highest BCUT2D eigenvalue weighted by atomic mass is 16.4. The number of amidine groups is 1. The first-order valence-corrected chi connectivity index (χ1v) is 12.1. The van der Waals surface area contributed by atoms with E-state index in [1.807, 2.05) is 9.80 Å². The fraction of sp³-hybridized carbons (Fsp3) is 0.783. The van der Waals surface area contributed by atoms with Crippen LogP contribution in [-0.4, -0.2) is 58.0 Å². The number of aliphatic carboxylic acids is 1. The first-order chi connectivity index (χ1) is 14.9. The van der Waals surface area contributed by atoms with Gasteiger partial charge in [-0.25, -0.2) is 9.79 Å². The van der Waals surface area contributed by atoms with Gasteiger partial charge in [-0.15, -0.1) is 0 Å². The van der Waals surface area contributed by atoms with Crippen molar-refractivity contribution < 1.29 is 14.7 Å². The number of rotatable bonds is 7. The zero-order valence-electron chi connectivity index (χ0n) is 18.7. The third-order valence-electron chi connectivity index (χ3n) is 8.53. The van der Waals surface area contributed by atoms with Crippen LogP contribution < -0.4 is 10.6 Å². The molecule has 6 rings (SSSR count). The molecule has 170 valence electrons. The van der Waals surface area contributed by atoms with Crippen LogP contribution >= 0.6 is 0 Å². The number of carbonyl (C=O) groups excluding carboxylic acids is 1. The highest BCUT2D eigenvalue weighted by molar-refractivity contribution is 5.94. The van der Waals surface area contributed by atoms with Crippen molar-refractivity contribution in [3.8, 4) is 0 Å². The van der Waals surface area contributed by atoms with Gasteiger partial charge in [0.25, 0.3) is 0 Å². The first-order valence-electron chi connectivity index (χ1n) is 12.1. The smallest absolute Gasteiger partial charge is 0.327 e. The number of nitrogens with one attached hydrogen (secondary N) is 2. The quantitative estimate of drug-likeness (QED) is 0.577. The molecule has 4 fully saturated rings. The van der Waals surface area contributed by atoms with Gasteiger partial charge in [-0.3, -0.25) is 14.6 Å². The number of urea groups is 1. The van der Waals surface area contributed by atoms with Crippen molar-refractivity contribution in [1.82, 2.24) is 20.4 Å². The molecule has 0 aromatic carbocycles. The summed E-state index contributed by atoms with van der Waals surface area (Å²) in [4.78, 5) is 33.3. The lowest BCUT2D eigenvalue weighted by molar-refractivity contribution is -0.138. The number of carboxylic acids is 1. The number of carboxylic acid groups (broad SMARTS) is 1. The highest BCUT2D eigenvalue weighted by Gasteiger charge is 2.54. The Kier molecular flexibility index (Phi) is 4.94. The van der Waals surface area contributed by atoms with E-state index in [9.17, 15) is 9.59 Å². The first kappa shape index (κ1) is 20.6. The van der Waals surface area contributed by atoms with E-state index < -0.39 is 5.97 Å². The largest absolute Gasteiger partial charge is 0.481 e. The third kappa shape index (κ3) is 3.21. The minimum Gasteiger partial charge on any atom is -0.481 e. The van der Waals surface area contributed by atoms with Crippen LogP contribution in [0.15, 0.2) is 16.5 Å². The zero-order valence-corrected chi connectivity index (χ0v) is 18.7. The van der Waals surface area contributed by atoms with Crippen LogP contribution in [0, 0.1) is 10.8 Å². The summed E-state index contributed by atoms with van der Waals surface area (Å²) in [6, 6.07) is 0.357. The van der Waals surface area contributed by atoms with Gasteiger partial charge in [-0.2, -0.15) is 0 Å². The Morgan fingerprint density at radius 2 is 1.90 bits per heavy atom. The molecule has 1 unspecified atom stereocenters. The Balaban J connectivity index is 1.40. The number of aliphatic imine (C=N–C) groups is 1.